The van der Waals surface area contributed by atoms with Gasteiger partial charge in [0, 0.05) is 37.2 Å². The van der Waals surface area contributed by atoms with Crippen molar-refractivity contribution in [2.24, 2.45) is 5.92 Å². The van der Waals surface area contributed by atoms with Crippen molar-refractivity contribution in [2.75, 3.05) is 26.7 Å². The van der Waals surface area contributed by atoms with E-state index < -0.39 is 21.7 Å². The third-order valence-electron chi connectivity index (χ3n) is 5.97. The van der Waals surface area contributed by atoms with Crippen molar-refractivity contribution >= 4 is 10.0 Å². The number of hydrogen-bond acceptors (Lipinski definition) is 6. The standard InChI is InChI=1S/C27H36N2O5S/c1-20-16-29(21(2)19-30)35(32,33)26-12-11-22(13-14-27(3,4)31)15-24(26)34-25(20)18-28(5)17-23-9-7-6-8-10-23/h6-12,15,20-21,25,30-31H,16-19H2,1-5H3/t20-,21+,25+/m1/s1. The highest BCUT2D eigenvalue weighted by Gasteiger charge is 2.38. The lowest BCUT2D eigenvalue weighted by Crippen LogP contribution is -2.49. The molecule has 0 saturated heterocycles. The molecule has 0 fully saturated rings. The van der Waals surface area contributed by atoms with Crippen LogP contribution in [0.15, 0.2) is 53.4 Å². The molecule has 1 aliphatic rings. The minimum atomic E-state index is -3.91. The first-order chi connectivity index (χ1) is 16.4. The minimum Gasteiger partial charge on any atom is -0.487 e. The van der Waals surface area contributed by atoms with Crippen molar-refractivity contribution in [1.29, 1.82) is 0 Å². The monoisotopic (exact) mass is 500 g/mol. The largest absolute Gasteiger partial charge is 0.487 e. The van der Waals surface area contributed by atoms with Gasteiger partial charge in [0.1, 0.15) is 22.4 Å². The number of ether oxygens (including phenoxy) is 1. The van der Waals surface area contributed by atoms with Crippen LogP contribution in [0.2, 0.25) is 0 Å². The van der Waals surface area contributed by atoms with Gasteiger partial charge < -0.3 is 14.9 Å². The van der Waals surface area contributed by atoms with Crippen LogP contribution in [0.4, 0.5) is 0 Å². The normalized spacial score (nSPS) is 21.1. The lowest BCUT2D eigenvalue weighted by molar-refractivity contribution is 0.0733. The number of nitrogens with zero attached hydrogens (tertiary/aromatic N) is 2. The molecule has 3 rings (SSSR count). The molecule has 0 bridgehead atoms. The third-order valence-corrected chi connectivity index (χ3v) is 7.99. The molecule has 190 valence electrons. The summed E-state index contributed by atoms with van der Waals surface area (Å²) < 4.78 is 34.9. The van der Waals surface area contributed by atoms with Crippen molar-refractivity contribution in [3.63, 3.8) is 0 Å². The van der Waals surface area contributed by atoms with Crippen LogP contribution < -0.4 is 4.74 Å². The van der Waals surface area contributed by atoms with Gasteiger partial charge in [-0.15, -0.1) is 0 Å². The number of hydrogen-bond donors (Lipinski definition) is 2. The molecule has 1 aliphatic heterocycles. The summed E-state index contributed by atoms with van der Waals surface area (Å²) in [5.74, 6) is 5.75. The van der Waals surface area contributed by atoms with E-state index in [0.717, 1.165) is 6.54 Å². The summed E-state index contributed by atoms with van der Waals surface area (Å²) in [6.07, 6.45) is -0.302. The zero-order valence-electron chi connectivity index (χ0n) is 21.1. The molecule has 0 aromatic heterocycles. The van der Waals surface area contributed by atoms with Crippen LogP contribution in [0.1, 0.15) is 38.8 Å². The SMILES string of the molecule is C[C@@H]1CN([C@@H](C)CO)S(=O)(=O)c2ccc(C#CC(C)(C)O)cc2O[C@H]1CN(C)Cc1ccccc1. The smallest absolute Gasteiger partial charge is 0.247 e. The van der Waals surface area contributed by atoms with Gasteiger partial charge in [0.2, 0.25) is 10.0 Å². The molecule has 2 aromatic carbocycles. The fourth-order valence-corrected chi connectivity index (χ4v) is 5.84. The molecule has 35 heavy (non-hydrogen) atoms. The summed E-state index contributed by atoms with van der Waals surface area (Å²) in [7, 11) is -1.90. The lowest BCUT2D eigenvalue weighted by Gasteiger charge is -2.37. The van der Waals surface area contributed by atoms with E-state index in [-0.39, 0.29) is 35.8 Å². The molecule has 2 N–H and O–H groups in total. The molecule has 0 aliphatic carbocycles. The van der Waals surface area contributed by atoms with Gasteiger partial charge in [-0.2, -0.15) is 4.31 Å². The zero-order valence-corrected chi connectivity index (χ0v) is 21.9. The second-order valence-corrected chi connectivity index (χ2v) is 11.8. The van der Waals surface area contributed by atoms with E-state index in [0.29, 0.717) is 12.1 Å². The predicted octanol–water partition coefficient (Wildman–Crippen LogP) is 2.71. The van der Waals surface area contributed by atoms with E-state index >= 15 is 0 Å². The molecule has 1 heterocycles. The molecule has 0 radical (unpaired) electrons. The highest BCUT2D eigenvalue weighted by molar-refractivity contribution is 7.89. The van der Waals surface area contributed by atoms with E-state index in [1.54, 1.807) is 32.9 Å². The highest BCUT2D eigenvalue weighted by Crippen LogP contribution is 2.34. The van der Waals surface area contributed by atoms with Crippen LogP contribution in [0.25, 0.3) is 0 Å². The van der Waals surface area contributed by atoms with Crippen LogP contribution in [-0.4, -0.2) is 72.3 Å². The Balaban J connectivity index is 2.00. The first-order valence-corrected chi connectivity index (χ1v) is 13.3. The fourth-order valence-electron chi connectivity index (χ4n) is 4.01. The van der Waals surface area contributed by atoms with Crippen molar-refractivity contribution in [3.8, 4) is 17.6 Å². The molecular formula is C27H36N2O5S. The number of aliphatic hydroxyl groups excluding tert-OH is 1. The Morgan fingerprint density at radius 3 is 2.54 bits per heavy atom. The predicted molar refractivity (Wildman–Crippen MR) is 136 cm³/mol. The number of benzene rings is 2. The quantitative estimate of drug-likeness (QED) is 0.593. The molecular weight excluding hydrogens is 464 g/mol. The Bertz CT molecular complexity index is 1170. The second-order valence-electron chi connectivity index (χ2n) is 9.89. The van der Waals surface area contributed by atoms with Crippen LogP contribution in [0.3, 0.4) is 0 Å². The Morgan fingerprint density at radius 2 is 1.91 bits per heavy atom. The zero-order chi connectivity index (χ0) is 25.8. The molecule has 0 spiro atoms. The minimum absolute atomic E-state index is 0.0502. The first kappa shape index (κ1) is 27.2. The van der Waals surface area contributed by atoms with Gasteiger partial charge in [0.05, 0.1) is 6.61 Å². The summed E-state index contributed by atoms with van der Waals surface area (Å²) in [6, 6.07) is 14.3. The molecule has 7 nitrogen and oxygen atoms in total. The number of rotatable bonds is 6. The maximum Gasteiger partial charge on any atom is 0.247 e. The van der Waals surface area contributed by atoms with Gasteiger partial charge in [-0.25, -0.2) is 8.42 Å². The van der Waals surface area contributed by atoms with Gasteiger partial charge in [-0.3, -0.25) is 4.90 Å². The molecule has 0 unspecified atom stereocenters. The van der Waals surface area contributed by atoms with E-state index in [4.69, 9.17) is 4.74 Å². The molecule has 0 saturated carbocycles. The Labute approximate surface area is 209 Å². The van der Waals surface area contributed by atoms with Crippen LogP contribution in [-0.2, 0) is 16.6 Å². The number of fused-ring (bicyclic) bond motifs is 1. The molecule has 2 aromatic rings. The van der Waals surface area contributed by atoms with Crippen molar-refractivity contribution < 1.29 is 23.4 Å². The topological polar surface area (TPSA) is 90.3 Å². The third kappa shape index (κ3) is 7.06. The van der Waals surface area contributed by atoms with Gasteiger partial charge >= 0.3 is 0 Å². The van der Waals surface area contributed by atoms with Crippen LogP contribution >= 0.6 is 0 Å². The maximum atomic E-state index is 13.6. The summed E-state index contributed by atoms with van der Waals surface area (Å²) in [6.45, 7) is 8.10. The van der Waals surface area contributed by atoms with E-state index in [1.165, 1.54) is 15.9 Å². The molecule has 0 amide bonds. The summed E-state index contributed by atoms with van der Waals surface area (Å²) in [4.78, 5) is 2.21. The maximum absolute atomic E-state index is 13.6. The number of sulfonamides is 1. The van der Waals surface area contributed by atoms with E-state index in [9.17, 15) is 18.6 Å². The van der Waals surface area contributed by atoms with Crippen molar-refractivity contribution in [2.45, 2.75) is 56.9 Å². The Kier molecular flexibility index (Phi) is 8.63. The summed E-state index contributed by atoms with van der Waals surface area (Å²) in [5, 5.41) is 19.8. The summed E-state index contributed by atoms with van der Waals surface area (Å²) in [5.41, 5.74) is 0.547. The Hall–Kier alpha value is -2.41. The summed E-state index contributed by atoms with van der Waals surface area (Å²) >= 11 is 0. The van der Waals surface area contributed by atoms with Crippen LogP contribution in [0.5, 0.6) is 5.75 Å². The van der Waals surface area contributed by atoms with E-state index in [1.807, 2.05) is 32.2 Å². The first-order valence-electron chi connectivity index (χ1n) is 11.8. The molecule has 8 heteroatoms. The van der Waals surface area contributed by atoms with Gasteiger partial charge in [-0.1, -0.05) is 49.1 Å². The van der Waals surface area contributed by atoms with Gasteiger partial charge in [0.15, 0.2) is 0 Å². The Morgan fingerprint density at radius 1 is 1.23 bits per heavy atom. The molecule has 3 atom stereocenters. The average Bonchev–Trinajstić information content (AvgIpc) is 2.79. The lowest BCUT2D eigenvalue weighted by atomic mass is 10.0. The van der Waals surface area contributed by atoms with Crippen molar-refractivity contribution in [3.05, 3.63) is 59.7 Å². The number of likely N-dealkylation sites (N-methyl/N-ethyl adjacent to an activating group) is 1. The fraction of sp³-hybridized carbons (Fsp3) is 0.481. The van der Waals surface area contributed by atoms with E-state index in [2.05, 4.69) is 28.9 Å². The second kappa shape index (κ2) is 11.1. The van der Waals surface area contributed by atoms with Crippen molar-refractivity contribution in [1.82, 2.24) is 9.21 Å². The number of aliphatic hydroxyl groups is 2. The van der Waals surface area contributed by atoms with Gasteiger partial charge in [-0.05, 0) is 51.6 Å². The highest BCUT2D eigenvalue weighted by atomic mass is 32.2. The average molecular weight is 501 g/mol. The van der Waals surface area contributed by atoms with Crippen LogP contribution in [0, 0.1) is 17.8 Å². The van der Waals surface area contributed by atoms with Gasteiger partial charge in [0.25, 0.3) is 0 Å².